The Hall–Kier alpha value is -2.25. The molecule has 0 saturated carbocycles. The van der Waals surface area contributed by atoms with E-state index in [4.69, 9.17) is 16.3 Å². The monoisotopic (exact) mass is 394 g/mol. The molecule has 8 heteroatoms. The van der Waals surface area contributed by atoms with E-state index >= 15 is 0 Å². The molecule has 2 aromatic carbocycles. The van der Waals surface area contributed by atoms with Crippen molar-refractivity contribution in [1.82, 2.24) is 0 Å². The maximum absolute atomic E-state index is 12.7. The lowest BCUT2D eigenvalue weighted by molar-refractivity contribution is -0.122. The first-order chi connectivity index (χ1) is 12.3. The van der Waals surface area contributed by atoms with E-state index in [9.17, 15) is 13.2 Å². The average Bonchev–Trinajstić information content (AvgIpc) is 2.77. The highest BCUT2D eigenvalue weighted by atomic mass is 35.5. The van der Waals surface area contributed by atoms with Crippen molar-refractivity contribution in [1.29, 1.82) is 0 Å². The highest BCUT2D eigenvalue weighted by Crippen LogP contribution is 2.34. The molecule has 0 saturated heterocycles. The van der Waals surface area contributed by atoms with E-state index < -0.39 is 16.1 Å². The number of aryl methyl sites for hydroxylation is 1. The van der Waals surface area contributed by atoms with Gasteiger partial charge in [-0.25, -0.2) is 8.42 Å². The first-order valence-electron chi connectivity index (χ1n) is 8.06. The van der Waals surface area contributed by atoms with Gasteiger partial charge in [0.2, 0.25) is 10.0 Å². The molecule has 0 spiro atoms. The van der Waals surface area contributed by atoms with Crippen LogP contribution in [0.25, 0.3) is 0 Å². The second-order valence-electron chi connectivity index (χ2n) is 6.15. The predicted molar refractivity (Wildman–Crippen MR) is 102 cm³/mol. The SMILES string of the molecule is Cc1ccc(Cl)cc1NC(=O)[C@H]1CCN(S(C)(=O)=O)c2ccccc2O1. The van der Waals surface area contributed by atoms with Gasteiger partial charge in [-0.2, -0.15) is 0 Å². The molecule has 0 radical (unpaired) electrons. The van der Waals surface area contributed by atoms with Gasteiger partial charge in [0.25, 0.3) is 5.91 Å². The summed E-state index contributed by atoms with van der Waals surface area (Å²) in [6.07, 6.45) is 0.550. The summed E-state index contributed by atoms with van der Waals surface area (Å²) in [6, 6.07) is 12.0. The summed E-state index contributed by atoms with van der Waals surface area (Å²) in [7, 11) is -3.48. The van der Waals surface area contributed by atoms with Gasteiger partial charge in [-0.15, -0.1) is 0 Å². The number of fused-ring (bicyclic) bond motifs is 1. The van der Waals surface area contributed by atoms with Crippen LogP contribution in [0.15, 0.2) is 42.5 Å². The number of ether oxygens (including phenoxy) is 1. The highest BCUT2D eigenvalue weighted by molar-refractivity contribution is 7.92. The second kappa shape index (κ2) is 7.17. The van der Waals surface area contributed by atoms with Gasteiger partial charge in [-0.1, -0.05) is 29.8 Å². The van der Waals surface area contributed by atoms with Crippen LogP contribution in [0.1, 0.15) is 12.0 Å². The molecule has 0 fully saturated rings. The van der Waals surface area contributed by atoms with E-state index in [1.165, 1.54) is 4.31 Å². The standard InChI is InChI=1S/C18H19ClN2O4S/c1-12-7-8-13(19)11-14(12)20-18(22)17-9-10-21(26(2,23)24)15-5-3-4-6-16(15)25-17/h3-8,11,17H,9-10H2,1-2H3,(H,20,22)/t17-/m1/s1. The molecule has 1 amide bonds. The molecule has 0 unspecified atom stereocenters. The molecule has 1 atom stereocenters. The fourth-order valence-electron chi connectivity index (χ4n) is 2.80. The zero-order valence-corrected chi connectivity index (χ0v) is 16.0. The summed E-state index contributed by atoms with van der Waals surface area (Å²) < 4.78 is 31.3. The average molecular weight is 395 g/mol. The van der Waals surface area contributed by atoms with Gasteiger partial charge in [0, 0.05) is 23.7 Å². The Labute approximate surface area is 157 Å². The minimum atomic E-state index is -3.48. The number of para-hydroxylation sites is 2. The third-order valence-electron chi connectivity index (χ3n) is 4.15. The summed E-state index contributed by atoms with van der Waals surface area (Å²) in [5.74, 6) is 0.0129. The Morgan fingerprint density at radius 3 is 2.73 bits per heavy atom. The summed E-state index contributed by atoms with van der Waals surface area (Å²) in [6.45, 7) is 2.02. The van der Waals surface area contributed by atoms with Crippen molar-refractivity contribution in [3.63, 3.8) is 0 Å². The van der Waals surface area contributed by atoms with Crippen molar-refractivity contribution in [3.05, 3.63) is 53.1 Å². The normalized spacial score (nSPS) is 17.0. The first-order valence-corrected chi connectivity index (χ1v) is 10.3. The van der Waals surface area contributed by atoms with E-state index in [1.807, 2.05) is 13.0 Å². The Kier molecular flexibility index (Phi) is 5.11. The van der Waals surface area contributed by atoms with Crippen molar-refractivity contribution in [2.24, 2.45) is 0 Å². The minimum Gasteiger partial charge on any atom is -0.478 e. The molecular formula is C18H19ClN2O4S. The molecule has 0 aromatic heterocycles. The summed E-state index contributed by atoms with van der Waals surface area (Å²) in [5, 5.41) is 3.33. The molecule has 6 nitrogen and oxygen atoms in total. The molecule has 2 aromatic rings. The van der Waals surface area contributed by atoms with Crippen LogP contribution in [0.4, 0.5) is 11.4 Å². The number of benzene rings is 2. The highest BCUT2D eigenvalue weighted by Gasteiger charge is 2.31. The molecule has 1 aliphatic heterocycles. The molecule has 0 bridgehead atoms. The third kappa shape index (κ3) is 3.94. The number of hydrogen-bond acceptors (Lipinski definition) is 4. The fourth-order valence-corrected chi connectivity index (χ4v) is 3.92. The van der Waals surface area contributed by atoms with Crippen LogP contribution in [-0.2, 0) is 14.8 Å². The lowest BCUT2D eigenvalue weighted by Gasteiger charge is -2.20. The van der Waals surface area contributed by atoms with E-state index in [-0.39, 0.29) is 18.9 Å². The summed E-state index contributed by atoms with van der Waals surface area (Å²) in [5.41, 5.74) is 1.90. The van der Waals surface area contributed by atoms with Crippen molar-refractivity contribution < 1.29 is 17.9 Å². The van der Waals surface area contributed by atoms with Crippen LogP contribution in [0, 0.1) is 6.92 Å². The Bertz CT molecular complexity index is 946. The lowest BCUT2D eigenvalue weighted by Crippen LogP contribution is -2.36. The number of sulfonamides is 1. The first kappa shape index (κ1) is 18.5. The van der Waals surface area contributed by atoms with Gasteiger partial charge >= 0.3 is 0 Å². The van der Waals surface area contributed by atoms with Crippen molar-refractivity contribution in [2.45, 2.75) is 19.4 Å². The number of nitrogens with one attached hydrogen (secondary N) is 1. The Morgan fingerprint density at radius 2 is 2.00 bits per heavy atom. The number of hydrogen-bond donors (Lipinski definition) is 1. The van der Waals surface area contributed by atoms with Crippen molar-refractivity contribution in [2.75, 3.05) is 22.4 Å². The zero-order valence-electron chi connectivity index (χ0n) is 14.4. The molecule has 0 aliphatic carbocycles. The van der Waals surface area contributed by atoms with Gasteiger partial charge in [0.15, 0.2) is 6.10 Å². The van der Waals surface area contributed by atoms with E-state index in [2.05, 4.69) is 5.32 Å². The summed E-state index contributed by atoms with van der Waals surface area (Å²) >= 11 is 5.99. The number of carbonyl (C=O) groups is 1. The topological polar surface area (TPSA) is 75.7 Å². The number of halogens is 1. The van der Waals surface area contributed by atoms with E-state index in [1.54, 1.807) is 36.4 Å². The molecule has 1 heterocycles. The van der Waals surface area contributed by atoms with Crippen LogP contribution in [0.5, 0.6) is 5.75 Å². The molecule has 138 valence electrons. The quantitative estimate of drug-likeness (QED) is 0.867. The van der Waals surface area contributed by atoms with E-state index in [0.717, 1.165) is 11.8 Å². The Morgan fingerprint density at radius 1 is 1.27 bits per heavy atom. The number of carbonyl (C=O) groups excluding carboxylic acids is 1. The van der Waals surface area contributed by atoms with Crippen molar-refractivity contribution >= 4 is 38.9 Å². The number of rotatable bonds is 3. The number of amides is 1. The van der Waals surface area contributed by atoms with Gasteiger partial charge in [0.1, 0.15) is 5.75 Å². The number of anilines is 2. The molecule has 1 aliphatic rings. The molecule has 1 N–H and O–H groups in total. The second-order valence-corrected chi connectivity index (χ2v) is 8.49. The minimum absolute atomic E-state index is 0.155. The van der Waals surface area contributed by atoms with E-state index in [0.29, 0.717) is 22.1 Å². The van der Waals surface area contributed by atoms with Gasteiger partial charge in [0.05, 0.1) is 11.9 Å². The summed E-state index contributed by atoms with van der Waals surface area (Å²) in [4.78, 5) is 12.7. The van der Waals surface area contributed by atoms with Gasteiger partial charge in [-0.05, 0) is 36.8 Å². The van der Waals surface area contributed by atoms with Crippen LogP contribution in [0.2, 0.25) is 5.02 Å². The molecule has 26 heavy (non-hydrogen) atoms. The largest absolute Gasteiger partial charge is 0.478 e. The van der Waals surface area contributed by atoms with Crippen LogP contribution in [-0.4, -0.2) is 33.2 Å². The molecular weight excluding hydrogens is 376 g/mol. The maximum atomic E-state index is 12.7. The fraction of sp³-hybridized carbons (Fsp3) is 0.278. The number of nitrogens with zero attached hydrogens (tertiary/aromatic N) is 1. The van der Waals surface area contributed by atoms with Gasteiger partial charge < -0.3 is 10.1 Å². The van der Waals surface area contributed by atoms with Gasteiger partial charge in [-0.3, -0.25) is 9.10 Å². The smallest absolute Gasteiger partial charge is 0.265 e. The lowest BCUT2D eigenvalue weighted by atomic mass is 10.2. The molecule has 3 rings (SSSR count). The van der Waals surface area contributed by atoms with Crippen molar-refractivity contribution in [3.8, 4) is 5.75 Å². The van der Waals surface area contributed by atoms with Crippen LogP contribution >= 0.6 is 11.6 Å². The third-order valence-corrected chi connectivity index (χ3v) is 5.56. The van der Waals surface area contributed by atoms with Crippen LogP contribution < -0.4 is 14.4 Å². The Balaban J connectivity index is 1.87. The van der Waals surface area contributed by atoms with Crippen LogP contribution in [0.3, 0.4) is 0 Å². The predicted octanol–water partition coefficient (Wildman–Crippen LogP) is 3.20. The maximum Gasteiger partial charge on any atom is 0.265 e. The zero-order chi connectivity index (χ0) is 18.9.